The third kappa shape index (κ3) is 1.18. The van der Waals surface area contributed by atoms with E-state index in [4.69, 9.17) is 5.73 Å². The second kappa shape index (κ2) is 3.10. The molecule has 0 aromatic heterocycles. The van der Waals surface area contributed by atoms with Crippen LogP contribution in [0.3, 0.4) is 0 Å². The van der Waals surface area contributed by atoms with Gasteiger partial charge >= 0.3 is 0 Å². The quantitative estimate of drug-likeness (QED) is 0.441. The highest BCUT2D eigenvalue weighted by atomic mass is 16.1. The van der Waals surface area contributed by atoms with Crippen molar-refractivity contribution < 1.29 is 0 Å². The van der Waals surface area contributed by atoms with Gasteiger partial charge in [-0.25, -0.2) is 0 Å². The Hall–Kier alpha value is -2.29. The molecule has 0 fully saturated rings. The van der Waals surface area contributed by atoms with Crippen LogP contribution in [-0.4, -0.2) is 4.98 Å². The van der Waals surface area contributed by atoms with E-state index < -0.39 is 0 Å². The second-order valence-corrected chi connectivity index (χ2v) is 3.80. The highest BCUT2D eigenvalue weighted by Gasteiger charge is 2.09. The topological polar surface area (TPSA) is 58.9 Å². The summed E-state index contributed by atoms with van der Waals surface area (Å²) in [6.45, 7) is 0. The van der Waals surface area contributed by atoms with Crippen LogP contribution >= 0.6 is 0 Å². The van der Waals surface area contributed by atoms with Crippen LogP contribution in [0.15, 0.2) is 47.3 Å². The number of nitrogens with two attached hydrogens (primary N) is 1. The van der Waals surface area contributed by atoms with E-state index in [0.29, 0.717) is 5.56 Å². The summed E-state index contributed by atoms with van der Waals surface area (Å²) >= 11 is 0. The first-order chi connectivity index (χ1) is 7.75. The van der Waals surface area contributed by atoms with Gasteiger partial charge in [0.1, 0.15) is 0 Å². The average molecular weight is 210 g/mol. The molecular formula is C13H10N2O. The van der Waals surface area contributed by atoms with Crippen LogP contribution in [0.1, 0.15) is 0 Å². The summed E-state index contributed by atoms with van der Waals surface area (Å²) in [5.41, 5.74) is 8.25. The number of anilines is 1. The van der Waals surface area contributed by atoms with Crippen LogP contribution in [-0.2, 0) is 0 Å². The lowest BCUT2D eigenvalue weighted by molar-refractivity contribution is 1.37. The zero-order valence-corrected chi connectivity index (χ0v) is 8.53. The number of nitrogen functional groups attached to an aromatic ring is 1. The van der Waals surface area contributed by atoms with Crippen molar-refractivity contribution in [1.29, 1.82) is 0 Å². The number of aromatic amines is 1. The van der Waals surface area contributed by atoms with E-state index in [-0.39, 0.29) is 11.1 Å². The van der Waals surface area contributed by atoms with Gasteiger partial charge < -0.3 is 10.7 Å². The highest BCUT2D eigenvalue weighted by molar-refractivity contribution is 5.86. The fraction of sp³-hybridized carbons (Fsp3) is 0. The lowest BCUT2D eigenvalue weighted by Crippen LogP contribution is -2.11. The number of hydrogen-bond acceptors (Lipinski definition) is 2. The molecule has 0 unspecified atom stereocenters. The SMILES string of the molecule is Nc1ccc2[nH]c3ccccc3cc-2c1=O. The Kier molecular flexibility index (Phi) is 1.74. The summed E-state index contributed by atoms with van der Waals surface area (Å²) in [5, 5.41) is 1.01. The molecule has 3 nitrogen and oxygen atoms in total. The van der Waals surface area contributed by atoms with Gasteiger partial charge in [0.05, 0.1) is 5.69 Å². The van der Waals surface area contributed by atoms with Crippen molar-refractivity contribution in [3.8, 4) is 11.3 Å². The zero-order valence-electron chi connectivity index (χ0n) is 8.53. The fourth-order valence-corrected chi connectivity index (χ4v) is 1.91. The van der Waals surface area contributed by atoms with Crippen molar-refractivity contribution in [2.45, 2.75) is 0 Å². The molecule has 1 heterocycles. The summed E-state index contributed by atoms with van der Waals surface area (Å²) < 4.78 is 0. The number of para-hydroxylation sites is 1. The standard InChI is InChI=1S/C13H10N2O/c14-10-5-6-12-9(13(10)16)7-8-3-1-2-4-11(8)15-12/h1-7,15H,14H2. The third-order valence-electron chi connectivity index (χ3n) is 2.76. The summed E-state index contributed by atoms with van der Waals surface area (Å²) in [5.74, 6) is 0. The smallest absolute Gasteiger partial charge is 0.210 e. The Balaban J connectivity index is 2.53. The van der Waals surface area contributed by atoms with E-state index in [9.17, 15) is 4.79 Å². The van der Waals surface area contributed by atoms with Gasteiger partial charge in [-0.05, 0) is 29.7 Å². The average Bonchev–Trinajstić information content (AvgIpc) is 2.32. The molecule has 1 aliphatic carbocycles. The van der Waals surface area contributed by atoms with Gasteiger partial charge in [0.2, 0.25) is 5.43 Å². The van der Waals surface area contributed by atoms with Gasteiger partial charge in [0.25, 0.3) is 0 Å². The molecule has 16 heavy (non-hydrogen) atoms. The largest absolute Gasteiger partial charge is 0.396 e. The molecule has 3 heteroatoms. The fourth-order valence-electron chi connectivity index (χ4n) is 1.91. The first-order valence-corrected chi connectivity index (χ1v) is 5.06. The highest BCUT2D eigenvalue weighted by Crippen LogP contribution is 2.22. The molecule has 0 radical (unpaired) electrons. The zero-order chi connectivity index (χ0) is 11.1. The first kappa shape index (κ1) is 8.97. The van der Waals surface area contributed by atoms with E-state index in [1.807, 2.05) is 36.4 Å². The molecule has 1 aliphatic heterocycles. The Morgan fingerprint density at radius 2 is 1.88 bits per heavy atom. The maximum absolute atomic E-state index is 11.8. The van der Waals surface area contributed by atoms with E-state index in [2.05, 4.69) is 4.98 Å². The van der Waals surface area contributed by atoms with E-state index in [0.717, 1.165) is 16.6 Å². The molecule has 3 N–H and O–H groups in total. The third-order valence-corrected chi connectivity index (χ3v) is 2.76. The summed E-state index contributed by atoms with van der Waals surface area (Å²) in [7, 11) is 0. The predicted octanol–water partition coefficient (Wildman–Crippen LogP) is 2.22. The van der Waals surface area contributed by atoms with Crippen LogP contribution in [0.25, 0.3) is 22.2 Å². The molecule has 0 amide bonds. The van der Waals surface area contributed by atoms with Gasteiger partial charge in [-0.2, -0.15) is 0 Å². The lowest BCUT2D eigenvalue weighted by Gasteiger charge is -2.08. The minimum absolute atomic E-state index is 0.112. The van der Waals surface area contributed by atoms with E-state index >= 15 is 0 Å². The Morgan fingerprint density at radius 1 is 1.06 bits per heavy atom. The van der Waals surface area contributed by atoms with Gasteiger partial charge in [0, 0.05) is 16.8 Å². The maximum Gasteiger partial charge on any atom is 0.210 e. The van der Waals surface area contributed by atoms with Crippen LogP contribution in [0, 0.1) is 0 Å². The summed E-state index contributed by atoms with van der Waals surface area (Å²) in [6, 6.07) is 13.2. The monoisotopic (exact) mass is 210 g/mol. The minimum Gasteiger partial charge on any atom is -0.396 e. The van der Waals surface area contributed by atoms with Crippen LogP contribution in [0.2, 0.25) is 0 Å². The molecule has 78 valence electrons. The predicted molar refractivity (Wildman–Crippen MR) is 65.6 cm³/mol. The molecule has 0 atom stereocenters. The summed E-state index contributed by atoms with van der Waals surface area (Å²) in [4.78, 5) is 15.0. The molecule has 0 saturated carbocycles. The van der Waals surface area contributed by atoms with Crippen molar-refractivity contribution in [1.82, 2.24) is 4.98 Å². The molecule has 0 spiro atoms. The number of pyridine rings is 1. The molecule has 2 aliphatic rings. The normalized spacial score (nSPS) is 11.0. The Bertz CT molecular complexity index is 700. The molecule has 1 aromatic rings. The Labute approximate surface area is 91.9 Å². The second-order valence-electron chi connectivity index (χ2n) is 3.80. The van der Waals surface area contributed by atoms with Gasteiger partial charge in [0.15, 0.2) is 0 Å². The number of nitrogens with one attached hydrogen (secondary N) is 1. The summed E-state index contributed by atoms with van der Waals surface area (Å²) in [6.07, 6.45) is 0. The number of hydrogen-bond donors (Lipinski definition) is 2. The van der Waals surface area contributed by atoms with Crippen molar-refractivity contribution >= 4 is 16.6 Å². The molecule has 0 bridgehead atoms. The maximum atomic E-state index is 11.8. The van der Waals surface area contributed by atoms with E-state index in [1.54, 1.807) is 6.07 Å². The van der Waals surface area contributed by atoms with Crippen molar-refractivity contribution in [3.63, 3.8) is 0 Å². The van der Waals surface area contributed by atoms with Crippen LogP contribution < -0.4 is 11.2 Å². The number of benzene rings is 2. The van der Waals surface area contributed by atoms with Crippen LogP contribution in [0.5, 0.6) is 0 Å². The minimum atomic E-state index is -0.112. The molecule has 1 aromatic carbocycles. The van der Waals surface area contributed by atoms with Crippen LogP contribution in [0.4, 0.5) is 5.69 Å². The van der Waals surface area contributed by atoms with Crippen molar-refractivity contribution in [3.05, 3.63) is 52.7 Å². The lowest BCUT2D eigenvalue weighted by atomic mass is 10.0. The molecule has 0 saturated heterocycles. The number of H-pyrrole nitrogens is 1. The van der Waals surface area contributed by atoms with Gasteiger partial charge in [-0.15, -0.1) is 0 Å². The number of rotatable bonds is 0. The first-order valence-electron chi connectivity index (χ1n) is 5.06. The Morgan fingerprint density at radius 3 is 2.75 bits per heavy atom. The van der Waals surface area contributed by atoms with Crippen molar-refractivity contribution in [2.24, 2.45) is 0 Å². The van der Waals surface area contributed by atoms with Crippen molar-refractivity contribution in [2.75, 3.05) is 5.73 Å². The van der Waals surface area contributed by atoms with Gasteiger partial charge in [-0.3, -0.25) is 4.79 Å². The molecule has 3 rings (SSSR count). The number of fused-ring (bicyclic) bond motifs is 2. The van der Waals surface area contributed by atoms with Gasteiger partial charge in [-0.1, -0.05) is 18.2 Å². The molecular weight excluding hydrogens is 200 g/mol. The number of aromatic nitrogens is 1. The van der Waals surface area contributed by atoms with E-state index in [1.165, 1.54) is 0 Å².